The number of hydrogen-bond acceptors (Lipinski definition) is 5. The summed E-state index contributed by atoms with van der Waals surface area (Å²) in [6.07, 6.45) is 0.944. The molecule has 1 fully saturated rings. The predicted molar refractivity (Wildman–Crippen MR) is 83.9 cm³/mol. The Bertz CT molecular complexity index is 635. The first kappa shape index (κ1) is 15.1. The van der Waals surface area contributed by atoms with Crippen LogP contribution in [0.25, 0.3) is 5.69 Å². The van der Waals surface area contributed by atoms with Crippen LogP contribution in [0.3, 0.4) is 0 Å². The van der Waals surface area contributed by atoms with Gasteiger partial charge in [-0.05, 0) is 42.3 Å². The predicted octanol–water partition coefficient (Wildman–Crippen LogP) is 1.93. The maximum absolute atomic E-state index is 5.49. The molecule has 0 saturated carbocycles. The number of tetrazole rings is 1. The van der Waals surface area contributed by atoms with Crippen molar-refractivity contribution >= 4 is 0 Å². The van der Waals surface area contributed by atoms with Crippen molar-refractivity contribution < 1.29 is 4.74 Å². The van der Waals surface area contributed by atoms with E-state index in [1.54, 1.807) is 0 Å². The molecule has 118 valence electrons. The van der Waals surface area contributed by atoms with E-state index in [9.17, 15) is 0 Å². The molecular weight excluding hydrogens is 278 g/mol. The van der Waals surface area contributed by atoms with Gasteiger partial charge in [0, 0.05) is 13.1 Å². The lowest BCUT2D eigenvalue weighted by Gasteiger charge is -2.41. The molecular formula is C16H23N5O. The second kappa shape index (κ2) is 6.14. The first-order chi connectivity index (χ1) is 10.7. The van der Waals surface area contributed by atoms with Crippen LogP contribution in [0.5, 0.6) is 0 Å². The summed E-state index contributed by atoms with van der Waals surface area (Å²) >= 11 is 0. The lowest BCUT2D eigenvalue weighted by molar-refractivity contribution is -0.0240. The Hall–Kier alpha value is -1.79. The number of aromatic nitrogens is 4. The quantitative estimate of drug-likeness (QED) is 0.863. The summed E-state index contributed by atoms with van der Waals surface area (Å²) in [5, 5.41) is 12.6. The second-order valence-corrected chi connectivity index (χ2v) is 5.93. The highest BCUT2D eigenvalue weighted by atomic mass is 16.5. The molecule has 1 aliphatic heterocycles. The molecule has 0 N–H and O–H groups in total. The Balaban J connectivity index is 2.04. The van der Waals surface area contributed by atoms with E-state index < -0.39 is 0 Å². The van der Waals surface area contributed by atoms with Gasteiger partial charge in [0.1, 0.15) is 0 Å². The average molecular weight is 301 g/mol. The average Bonchev–Trinajstić information content (AvgIpc) is 3.05. The molecule has 1 saturated heterocycles. The minimum Gasteiger partial charge on any atom is -0.379 e. The lowest BCUT2D eigenvalue weighted by Crippen LogP contribution is -2.50. The van der Waals surface area contributed by atoms with Gasteiger partial charge in [-0.2, -0.15) is 4.68 Å². The van der Waals surface area contributed by atoms with Crippen LogP contribution in [-0.4, -0.2) is 51.4 Å². The number of ether oxygens (including phenoxy) is 1. The first-order valence-electron chi connectivity index (χ1n) is 7.84. The number of para-hydroxylation sites is 1. The molecule has 1 atom stereocenters. The maximum atomic E-state index is 5.49. The smallest absolute Gasteiger partial charge is 0.176 e. The van der Waals surface area contributed by atoms with Gasteiger partial charge in [0.05, 0.1) is 24.4 Å². The molecule has 22 heavy (non-hydrogen) atoms. The number of aryl methyl sites for hydroxylation is 1. The van der Waals surface area contributed by atoms with Crippen molar-refractivity contribution in [1.82, 2.24) is 25.1 Å². The monoisotopic (exact) mass is 301 g/mol. The number of morpholine rings is 1. The third kappa shape index (κ3) is 2.53. The summed E-state index contributed by atoms with van der Waals surface area (Å²) in [4.78, 5) is 2.43. The Labute approximate surface area is 131 Å². The fourth-order valence-corrected chi connectivity index (χ4v) is 3.07. The van der Waals surface area contributed by atoms with Crippen molar-refractivity contribution in [3.05, 3.63) is 35.7 Å². The fourth-order valence-electron chi connectivity index (χ4n) is 3.07. The van der Waals surface area contributed by atoms with E-state index in [4.69, 9.17) is 4.74 Å². The Kier molecular flexibility index (Phi) is 4.22. The van der Waals surface area contributed by atoms with Gasteiger partial charge in [0.2, 0.25) is 0 Å². The highest BCUT2D eigenvalue weighted by Crippen LogP contribution is 2.32. The van der Waals surface area contributed by atoms with Gasteiger partial charge in [-0.1, -0.05) is 25.1 Å². The molecule has 0 bridgehead atoms. The summed E-state index contributed by atoms with van der Waals surface area (Å²) in [6, 6.07) is 8.19. The number of nitrogens with zero attached hydrogens (tertiary/aromatic N) is 5. The molecule has 0 radical (unpaired) electrons. The van der Waals surface area contributed by atoms with Crippen LogP contribution >= 0.6 is 0 Å². The molecule has 0 amide bonds. The van der Waals surface area contributed by atoms with Crippen LogP contribution in [0.15, 0.2) is 24.3 Å². The zero-order valence-electron chi connectivity index (χ0n) is 13.5. The Morgan fingerprint density at radius 2 is 1.95 bits per heavy atom. The summed E-state index contributed by atoms with van der Waals surface area (Å²) < 4.78 is 7.37. The number of benzene rings is 1. The molecule has 0 spiro atoms. The molecule has 2 aromatic rings. The van der Waals surface area contributed by atoms with Crippen LogP contribution in [0.4, 0.5) is 0 Å². The Morgan fingerprint density at radius 1 is 1.23 bits per heavy atom. The highest BCUT2D eigenvalue weighted by Gasteiger charge is 2.38. The summed E-state index contributed by atoms with van der Waals surface area (Å²) in [6.45, 7) is 9.84. The second-order valence-electron chi connectivity index (χ2n) is 5.93. The van der Waals surface area contributed by atoms with Crippen LogP contribution in [0, 0.1) is 6.92 Å². The van der Waals surface area contributed by atoms with Gasteiger partial charge in [-0.3, -0.25) is 4.90 Å². The molecule has 1 aromatic carbocycles. The minimum atomic E-state index is -0.199. The van der Waals surface area contributed by atoms with Gasteiger partial charge in [0.25, 0.3) is 0 Å². The molecule has 1 aromatic heterocycles. The molecule has 0 unspecified atom stereocenters. The van der Waals surface area contributed by atoms with Crippen LogP contribution in [0.2, 0.25) is 0 Å². The van der Waals surface area contributed by atoms with Gasteiger partial charge in [-0.15, -0.1) is 5.10 Å². The van der Waals surface area contributed by atoms with E-state index in [0.29, 0.717) is 0 Å². The summed E-state index contributed by atoms with van der Waals surface area (Å²) in [7, 11) is 0. The van der Waals surface area contributed by atoms with Crippen molar-refractivity contribution in [1.29, 1.82) is 0 Å². The molecule has 1 aliphatic rings. The normalized spacial score (nSPS) is 19.0. The summed E-state index contributed by atoms with van der Waals surface area (Å²) in [5.74, 6) is 0.895. The van der Waals surface area contributed by atoms with Crippen molar-refractivity contribution in [3.8, 4) is 5.69 Å². The van der Waals surface area contributed by atoms with E-state index in [-0.39, 0.29) is 5.54 Å². The third-order valence-corrected chi connectivity index (χ3v) is 4.69. The summed E-state index contributed by atoms with van der Waals surface area (Å²) in [5.41, 5.74) is 2.00. The van der Waals surface area contributed by atoms with E-state index in [1.165, 1.54) is 0 Å². The maximum Gasteiger partial charge on any atom is 0.176 e. The van der Waals surface area contributed by atoms with Crippen LogP contribution in [0.1, 0.15) is 31.7 Å². The molecule has 6 nitrogen and oxygen atoms in total. The molecule has 0 aliphatic carbocycles. The third-order valence-electron chi connectivity index (χ3n) is 4.69. The van der Waals surface area contributed by atoms with E-state index >= 15 is 0 Å². The minimum absolute atomic E-state index is 0.199. The van der Waals surface area contributed by atoms with Gasteiger partial charge < -0.3 is 4.74 Å². The zero-order valence-corrected chi connectivity index (χ0v) is 13.5. The van der Waals surface area contributed by atoms with Crippen molar-refractivity contribution in [2.45, 2.75) is 32.7 Å². The highest BCUT2D eigenvalue weighted by molar-refractivity contribution is 5.40. The van der Waals surface area contributed by atoms with Gasteiger partial charge >= 0.3 is 0 Å². The van der Waals surface area contributed by atoms with Crippen LogP contribution in [-0.2, 0) is 10.3 Å². The standard InChI is InChI=1S/C16H23N5O/c1-4-16(3,20-9-11-22-12-10-20)15-17-18-19-21(15)14-8-6-5-7-13(14)2/h5-8H,4,9-12H2,1-3H3/t16-/m0/s1. The topological polar surface area (TPSA) is 56.1 Å². The molecule has 2 heterocycles. The number of hydrogen-bond donors (Lipinski definition) is 0. The largest absolute Gasteiger partial charge is 0.379 e. The van der Waals surface area contributed by atoms with Crippen molar-refractivity contribution in [2.75, 3.05) is 26.3 Å². The van der Waals surface area contributed by atoms with Gasteiger partial charge in [0.15, 0.2) is 5.82 Å². The zero-order chi connectivity index (χ0) is 15.6. The van der Waals surface area contributed by atoms with Crippen molar-refractivity contribution in [2.24, 2.45) is 0 Å². The number of rotatable bonds is 4. The molecule has 6 heteroatoms. The van der Waals surface area contributed by atoms with E-state index in [0.717, 1.165) is 49.8 Å². The first-order valence-corrected chi connectivity index (χ1v) is 7.84. The van der Waals surface area contributed by atoms with E-state index in [1.807, 2.05) is 16.8 Å². The van der Waals surface area contributed by atoms with Crippen molar-refractivity contribution in [3.63, 3.8) is 0 Å². The lowest BCUT2D eigenvalue weighted by atomic mass is 9.94. The fraction of sp³-hybridized carbons (Fsp3) is 0.562. The SMILES string of the molecule is CC[C@@](C)(c1nnnn1-c1ccccc1C)N1CCOCC1. The van der Waals surface area contributed by atoms with Gasteiger partial charge in [-0.25, -0.2) is 0 Å². The molecule has 3 rings (SSSR count). The Morgan fingerprint density at radius 3 is 2.64 bits per heavy atom. The van der Waals surface area contributed by atoms with Crippen LogP contribution < -0.4 is 0 Å². The van der Waals surface area contributed by atoms with E-state index in [2.05, 4.69) is 53.3 Å².